The molecule has 0 aliphatic heterocycles. The number of nitrogens with one attached hydrogen (secondary N) is 1. The molecule has 1 amide bonds. The van der Waals surface area contributed by atoms with Crippen molar-refractivity contribution in [1.29, 1.82) is 0 Å². The molecular weight excluding hydrogens is 972 g/mol. The Bertz CT molecular complexity index is 1570. The lowest BCUT2D eigenvalue weighted by Gasteiger charge is -2.29. The number of carbonyl (C=O) groups excluding carboxylic acids is 1. The number of aliphatic hydroxyl groups excluding tert-OH is 1. The first-order valence-corrected chi connectivity index (χ1v) is 33.6. The second-order valence-corrected chi connectivity index (χ2v) is 24.1. The fraction of sp³-hybridized carbons (Fsp3) is 0.750. The van der Waals surface area contributed by atoms with E-state index in [1.165, 1.54) is 167 Å². The van der Waals surface area contributed by atoms with Crippen molar-refractivity contribution in [2.75, 3.05) is 40.9 Å². The molecule has 0 saturated heterocycles. The van der Waals surface area contributed by atoms with Crippen molar-refractivity contribution in [3.63, 3.8) is 0 Å². The van der Waals surface area contributed by atoms with Crippen LogP contribution in [-0.2, 0) is 18.4 Å². The zero-order chi connectivity index (χ0) is 56.3. The molecule has 0 rings (SSSR count). The van der Waals surface area contributed by atoms with Crippen molar-refractivity contribution in [2.24, 2.45) is 0 Å². The van der Waals surface area contributed by atoms with Crippen LogP contribution in [0.15, 0.2) is 97.2 Å². The first kappa shape index (κ1) is 74.4. The summed E-state index contributed by atoms with van der Waals surface area (Å²) in [4.78, 5) is 25.6. The largest absolute Gasteiger partial charge is 0.756 e. The van der Waals surface area contributed by atoms with Crippen LogP contribution in [0.25, 0.3) is 0 Å². The SMILES string of the molecule is CC/C=C\C/C=C\C/C=C\C/C=C\C/C=C\CCCCCCCCCCCC(=O)NC(COP(=O)([O-])OCC[N+](C)(C)C)C(O)/C=C/CC/C=C/CC/C=C/CCCCCCCCCCCCCCCCCCCCCC. The minimum Gasteiger partial charge on any atom is -0.756 e. The number of aliphatic hydroxyl groups is 1. The molecule has 446 valence electrons. The molecule has 0 saturated carbocycles. The fourth-order valence-corrected chi connectivity index (χ4v) is 9.76. The highest BCUT2D eigenvalue weighted by molar-refractivity contribution is 7.45. The summed E-state index contributed by atoms with van der Waals surface area (Å²) >= 11 is 0. The standard InChI is InChI=1S/C68H123N2O6P/c1-6-8-10-12-14-16-18-20-22-24-26-28-30-32-33-34-35-36-38-39-41-43-45-47-49-51-53-55-57-59-61-67(71)66(65-76-77(73,74)75-64-63-70(3,4)5)69-68(72)62-60-58-56-54-52-50-48-46-44-42-40-37-31-29-27-25-23-21-19-17-15-13-11-9-7-2/h9,11,15,17,21,23,27,29,37,40,43,45,51,53,59,61,66-67,71H,6-8,10,12-14,16,18-20,22,24-26,28,30-36,38-39,41-42,44,46-50,52,54-58,60,62-65H2,1-5H3,(H-,69,72,73,74)/b11-9-,17-15-,23-21-,29-27-,40-37-,45-43+,53-51+,61-59+. The average molecular weight is 1100 g/mol. The number of unbranched alkanes of at least 4 members (excludes halogenated alkanes) is 31. The summed E-state index contributed by atoms with van der Waals surface area (Å²) in [6.07, 6.45) is 83.7. The molecule has 0 aromatic carbocycles. The van der Waals surface area contributed by atoms with Crippen LogP contribution >= 0.6 is 7.82 Å². The van der Waals surface area contributed by atoms with E-state index >= 15 is 0 Å². The monoisotopic (exact) mass is 1090 g/mol. The molecule has 0 aromatic heterocycles. The molecule has 3 atom stereocenters. The molecule has 0 spiro atoms. The van der Waals surface area contributed by atoms with Gasteiger partial charge in [0.2, 0.25) is 5.91 Å². The average Bonchev–Trinajstić information content (AvgIpc) is 3.39. The maximum atomic E-state index is 13.0. The van der Waals surface area contributed by atoms with Crippen molar-refractivity contribution >= 4 is 13.7 Å². The predicted molar refractivity (Wildman–Crippen MR) is 334 cm³/mol. The molecule has 0 fully saturated rings. The first-order chi connectivity index (χ1) is 37.5. The zero-order valence-electron chi connectivity index (χ0n) is 50.9. The van der Waals surface area contributed by atoms with Gasteiger partial charge in [-0.1, -0.05) is 278 Å². The zero-order valence-corrected chi connectivity index (χ0v) is 51.8. The van der Waals surface area contributed by atoms with Gasteiger partial charge >= 0.3 is 0 Å². The number of rotatable bonds is 58. The number of hydrogen-bond donors (Lipinski definition) is 2. The summed E-state index contributed by atoms with van der Waals surface area (Å²) in [6, 6.07) is -0.921. The summed E-state index contributed by atoms with van der Waals surface area (Å²) in [7, 11) is 1.22. The normalized spacial score (nSPS) is 14.4. The lowest BCUT2D eigenvalue weighted by Crippen LogP contribution is -2.45. The highest BCUT2D eigenvalue weighted by Gasteiger charge is 2.23. The number of likely N-dealkylation sites (N-methyl/N-ethyl adjacent to an activating group) is 1. The van der Waals surface area contributed by atoms with Crippen LogP contribution in [0.1, 0.15) is 277 Å². The smallest absolute Gasteiger partial charge is 0.268 e. The van der Waals surface area contributed by atoms with Gasteiger partial charge in [0, 0.05) is 6.42 Å². The molecule has 77 heavy (non-hydrogen) atoms. The molecule has 0 aliphatic carbocycles. The maximum absolute atomic E-state index is 13.0. The van der Waals surface area contributed by atoms with E-state index in [-0.39, 0.29) is 12.5 Å². The molecule has 8 nitrogen and oxygen atoms in total. The van der Waals surface area contributed by atoms with Gasteiger partial charge in [-0.3, -0.25) is 9.36 Å². The van der Waals surface area contributed by atoms with Crippen molar-refractivity contribution in [3.05, 3.63) is 97.2 Å². The fourth-order valence-electron chi connectivity index (χ4n) is 9.04. The van der Waals surface area contributed by atoms with E-state index in [9.17, 15) is 19.4 Å². The highest BCUT2D eigenvalue weighted by atomic mass is 31.2. The number of amides is 1. The molecule has 0 radical (unpaired) electrons. The number of hydrogen-bond acceptors (Lipinski definition) is 6. The van der Waals surface area contributed by atoms with Gasteiger partial charge in [-0.15, -0.1) is 0 Å². The number of carbonyl (C=O) groups is 1. The minimum atomic E-state index is -4.62. The summed E-state index contributed by atoms with van der Waals surface area (Å²) < 4.78 is 23.4. The summed E-state index contributed by atoms with van der Waals surface area (Å²) in [5.74, 6) is -0.219. The van der Waals surface area contributed by atoms with Gasteiger partial charge in [-0.05, 0) is 89.9 Å². The lowest BCUT2D eigenvalue weighted by atomic mass is 10.0. The quantitative estimate of drug-likeness (QED) is 0.0272. The Balaban J connectivity index is 4.23. The van der Waals surface area contributed by atoms with Crippen LogP contribution in [0.3, 0.4) is 0 Å². The van der Waals surface area contributed by atoms with Gasteiger partial charge < -0.3 is 28.8 Å². The molecule has 0 aliphatic rings. The Labute approximate surface area is 477 Å². The number of allylic oxidation sites excluding steroid dienone is 15. The number of phosphoric acid groups is 1. The van der Waals surface area contributed by atoms with Crippen LogP contribution in [0.4, 0.5) is 0 Å². The van der Waals surface area contributed by atoms with Gasteiger partial charge in [0.15, 0.2) is 0 Å². The number of nitrogens with zero attached hydrogens (tertiary/aromatic N) is 1. The van der Waals surface area contributed by atoms with Gasteiger partial charge in [-0.25, -0.2) is 0 Å². The molecule has 2 N–H and O–H groups in total. The van der Waals surface area contributed by atoms with Crippen LogP contribution in [0, 0.1) is 0 Å². The Kier molecular flexibility index (Phi) is 56.1. The summed E-state index contributed by atoms with van der Waals surface area (Å²) in [5, 5.41) is 13.9. The number of phosphoric ester groups is 1. The maximum Gasteiger partial charge on any atom is 0.268 e. The topological polar surface area (TPSA) is 108 Å². The van der Waals surface area contributed by atoms with E-state index in [0.29, 0.717) is 17.4 Å². The van der Waals surface area contributed by atoms with Crippen LogP contribution in [0.5, 0.6) is 0 Å². The van der Waals surface area contributed by atoms with E-state index in [0.717, 1.165) is 89.9 Å². The van der Waals surface area contributed by atoms with Gasteiger partial charge in [0.1, 0.15) is 13.2 Å². The van der Waals surface area contributed by atoms with Crippen LogP contribution < -0.4 is 10.2 Å². The second kappa shape index (κ2) is 58.1. The predicted octanol–water partition coefficient (Wildman–Crippen LogP) is 19.5. The van der Waals surface area contributed by atoms with Crippen molar-refractivity contribution in [1.82, 2.24) is 5.32 Å². The summed E-state index contributed by atoms with van der Waals surface area (Å²) in [5.41, 5.74) is 0. The van der Waals surface area contributed by atoms with Gasteiger partial charge in [0.05, 0.1) is 39.9 Å². The first-order valence-electron chi connectivity index (χ1n) is 32.1. The van der Waals surface area contributed by atoms with Gasteiger partial charge in [0.25, 0.3) is 7.82 Å². The van der Waals surface area contributed by atoms with E-state index in [4.69, 9.17) is 9.05 Å². The van der Waals surface area contributed by atoms with Crippen molar-refractivity contribution < 1.29 is 32.9 Å². The Morgan fingerprint density at radius 2 is 0.805 bits per heavy atom. The second-order valence-electron chi connectivity index (χ2n) is 22.7. The Morgan fingerprint density at radius 1 is 0.468 bits per heavy atom. The van der Waals surface area contributed by atoms with Gasteiger partial charge in [-0.2, -0.15) is 0 Å². The molecule has 0 bridgehead atoms. The van der Waals surface area contributed by atoms with E-state index < -0.39 is 26.6 Å². The Morgan fingerprint density at radius 3 is 1.21 bits per heavy atom. The highest BCUT2D eigenvalue weighted by Crippen LogP contribution is 2.38. The molecule has 0 aromatic rings. The Hall–Kier alpha value is -2.58. The van der Waals surface area contributed by atoms with E-state index in [2.05, 4.69) is 104 Å². The molecule has 0 heterocycles. The van der Waals surface area contributed by atoms with Crippen molar-refractivity contribution in [3.8, 4) is 0 Å². The van der Waals surface area contributed by atoms with Crippen LogP contribution in [-0.4, -0.2) is 68.5 Å². The van der Waals surface area contributed by atoms with E-state index in [1.54, 1.807) is 6.08 Å². The molecule has 3 unspecified atom stereocenters. The van der Waals surface area contributed by atoms with E-state index in [1.807, 2.05) is 27.2 Å². The minimum absolute atomic E-state index is 0.0148. The van der Waals surface area contributed by atoms with Crippen LogP contribution in [0.2, 0.25) is 0 Å². The lowest BCUT2D eigenvalue weighted by molar-refractivity contribution is -0.870. The third kappa shape index (κ3) is 60.9. The third-order valence-corrected chi connectivity index (χ3v) is 15.0. The number of quaternary nitrogens is 1. The summed E-state index contributed by atoms with van der Waals surface area (Å²) in [6.45, 7) is 4.52. The third-order valence-electron chi connectivity index (χ3n) is 14.0. The molecular formula is C68H123N2O6P. The molecule has 9 heteroatoms. The van der Waals surface area contributed by atoms with Crippen molar-refractivity contribution in [2.45, 2.75) is 289 Å².